The van der Waals surface area contributed by atoms with Crippen LogP contribution in [0.15, 0.2) is 16.9 Å². The van der Waals surface area contributed by atoms with Crippen molar-refractivity contribution < 1.29 is 9.32 Å². The van der Waals surface area contributed by atoms with E-state index in [-0.39, 0.29) is 5.91 Å². The number of amides is 1. The molecule has 0 bridgehead atoms. The third-order valence-corrected chi connectivity index (χ3v) is 2.08. The Kier molecular flexibility index (Phi) is 3.51. The summed E-state index contributed by atoms with van der Waals surface area (Å²) < 4.78 is 5.13. The van der Waals surface area contributed by atoms with Gasteiger partial charge in [-0.15, -0.1) is 0 Å². The van der Waals surface area contributed by atoms with Crippen LogP contribution in [0.1, 0.15) is 5.69 Å². The molecule has 0 aliphatic rings. The van der Waals surface area contributed by atoms with Crippen molar-refractivity contribution in [2.24, 2.45) is 0 Å². The zero-order chi connectivity index (χ0) is 8.97. The Morgan fingerprint density at radius 3 is 3.08 bits per heavy atom. The van der Waals surface area contributed by atoms with Crippen LogP contribution >= 0.6 is 22.6 Å². The largest absolute Gasteiger partial charge is 0.364 e. The molecule has 1 aromatic heterocycles. The summed E-state index contributed by atoms with van der Waals surface area (Å²) in [5.74, 6) is 0.0959. The highest BCUT2D eigenvalue weighted by molar-refractivity contribution is 14.1. The molecule has 0 N–H and O–H groups in total. The van der Waals surface area contributed by atoms with Crippen LogP contribution in [-0.2, 0) is 11.3 Å². The second-order valence-corrected chi connectivity index (χ2v) is 3.14. The molecule has 0 radical (unpaired) electrons. The van der Waals surface area contributed by atoms with E-state index in [1.807, 2.05) is 22.6 Å². The standard InChI is InChI=1S/C7H9IN2O2/c1-10(7(11)4-8)5-6-2-3-12-9-6/h2-3H,4-5H2,1H3. The van der Waals surface area contributed by atoms with Crippen molar-refractivity contribution in [2.75, 3.05) is 11.5 Å². The molecule has 0 saturated carbocycles. The van der Waals surface area contributed by atoms with Gasteiger partial charge in [-0.2, -0.15) is 0 Å². The first kappa shape index (κ1) is 9.50. The second-order valence-electron chi connectivity index (χ2n) is 2.37. The summed E-state index contributed by atoms with van der Waals surface area (Å²) in [6.07, 6.45) is 1.50. The predicted octanol–water partition coefficient (Wildman–Crippen LogP) is 1.07. The molecule has 0 fully saturated rings. The molecule has 1 heterocycles. The van der Waals surface area contributed by atoms with Gasteiger partial charge in [-0.25, -0.2) is 0 Å². The third-order valence-electron chi connectivity index (χ3n) is 1.43. The van der Waals surface area contributed by atoms with Gasteiger partial charge < -0.3 is 9.42 Å². The van der Waals surface area contributed by atoms with E-state index in [9.17, 15) is 4.79 Å². The minimum atomic E-state index is 0.0959. The van der Waals surface area contributed by atoms with E-state index in [0.717, 1.165) is 5.69 Å². The summed E-state index contributed by atoms with van der Waals surface area (Å²) in [5.41, 5.74) is 0.774. The summed E-state index contributed by atoms with van der Waals surface area (Å²) in [7, 11) is 1.75. The molecule has 4 nitrogen and oxygen atoms in total. The summed E-state index contributed by atoms with van der Waals surface area (Å²) in [6.45, 7) is 0.512. The van der Waals surface area contributed by atoms with Crippen molar-refractivity contribution in [3.63, 3.8) is 0 Å². The molecular weight excluding hydrogens is 271 g/mol. The van der Waals surface area contributed by atoms with Gasteiger partial charge in [0, 0.05) is 13.1 Å². The van der Waals surface area contributed by atoms with Crippen LogP contribution < -0.4 is 0 Å². The first-order valence-corrected chi connectivity index (χ1v) is 4.96. The first-order valence-electron chi connectivity index (χ1n) is 3.43. The van der Waals surface area contributed by atoms with Gasteiger partial charge in [-0.1, -0.05) is 27.7 Å². The lowest BCUT2D eigenvalue weighted by molar-refractivity contribution is -0.127. The highest BCUT2D eigenvalue weighted by atomic mass is 127. The molecule has 1 rings (SSSR count). The molecule has 0 aliphatic carbocycles. The zero-order valence-electron chi connectivity index (χ0n) is 6.66. The fourth-order valence-corrected chi connectivity index (χ4v) is 1.33. The van der Waals surface area contributed by atoms with E-state index in [1.165, 1.54) is 6.26 Å². The Balaban J connectivity index is 2.47. The van der Waals surface area contributed by atoms with Crippen LogP contribution in [0.2, 0.25) is 0 Å². The first-order chi connectivity index (χ1) is 5.74. The minimum absolute atomic E-state index is 0.0959. The van der Waals surface area contributed by atoms with Crippen molar-refractivity contribution in [3.05, 3.63) is 18.0 Å². The van der Waals surface area contributed by atoms with Crippen molar-refractivity contribution in [1.82, 2.24) is 10.1 Å². The number of halogens is 1. The van der Waals surface area contributed by atoms with Crippen LogP contribution in [-0.4, -0.2) is 27.4 Å². The normalized spacial score (nSPS) is 9.83. The Morgan fingerprint density at radius 1 is 1.83 bits per heavy atom. The minimum Gasteiger partial charge on any atom is -0.364 e. The summed E-state index contributed by atoms with van der Waals surface area (Å²) in [4.78, 5) is 12.7. The van der Waals surface area contributed by atoms with Crippen LogP contribution in [0.5, 0.6) is 0 Å². The average Bonchev–Trinajstić information content (AvgIpc) is 2.55. The Labute approximate surface area is 84.0 Å². The Morgan fingerprint density at radius 2 is 2.58 bits per heavy atom. The molecule has 12 heavy (non-hydrogen) atoms. The van der Waals surface area contributed by atoms with Crippen LogP contribution in [0.25, 0.3) is 0 Å². The van der Waals surface area contributed by atoms with E-state index in [4.69, 9.17) is 0 Å². The van der Waals surface area contributed by atoms with Gasteiger partial charge in [0.25, 0.3) is 0 Å². The topological polar surface area (TPSA) is 46.3 Å². The summed E-state index contributed by atoms with van der Waals surface area (Å²) in [5, 5.41) is 3.70. The van der Waals surface area contributed by atoms with E-state index in [1.54, 1.807) is 18.0 Å². The van der Waals surface area contributed by atoms with Crippen LogP contribution in [0.3, 0.4) is 0 Å². The highest BCUT2D eigenvalue weighted by Gasteiger charge is 2.08. The van der Waals surface area contributed by atoms with Gasteiger partial charge in [0.1, 0.15) is 12.0 Å². The quantitative estimate of drug-likeness (QED) is 0.614. The maximum atomic E-state index is 11.1. The van der Waals surface area contributed by atoms with E-state index in [0.29, 0.717) is 11.0 Å². The highest BCUT2D eigenvalue weighted by Crippen LogP contribution is 2.00. The lowest BCUT2D eigenvalue weighted by Crippen LogP contribution is -2.26. The van der Waals surface area contributed by atoms with Crippen molar-refractivity contribution in [1.29, 1.82) is 0 Å². The molecule has 5 heteroatoms. The molecule has 0 spiro atoms. The predicted molar refractivity (Wildman–Crippen MR) is 51.9 cm³/mol. The third kappa shape index (κ3) is 2.47. The molecule has 66 valence electrons. The van der Waals surface area contributed by atoms with Crippen molar-refractivity contribution in [2.45, 2.75) is 6.54 Å². The van der Waals surface area contributed by atoms with Gasteiger partial charge >= 0.3 is 0 Å². The number of carbonyl (C=O) groups is 1. The number of rotatable bonds is 3. The fraction of sp³-hybridized carbons (Fsp3) is 0.429. The summed E-state index contributed by atoms with van der Waals surface area (Å²) in [6, 6.07) is 1.75. The maximum absolute atomic E-state index is 11.1. The monoisotopic (exact) mass is 280 g/mol. The van der Waals surface area contributed by atoms with Gasteiger partial charge in [0.15, 0.2) is 0 Å². The summed E-state index contributed by atoms with van der Waals surface area (Å²) >= 11 is 2.03. The van der Waals surface area contributed by atoms with Crippen molar-refractivity contribution >= 4 is 28.5 Å². The second kappa shape index (κ2) is 4.44. The van der Waals surface area contributed by atoms with E-state index < -0.39 is 0 Å². The molecule has 0 saturated heterocycles. The average molecular weight is 280 g/mol. The fourth-order valence-electron chi connectivity index (χ4n) is 0.752. The van der Waals surface area contributed by atoms with Gasteiger partial charge in [0.05, 0.1) is 11.0 Å². The van der Waals surface area contributed by atoms with Gasteiger partial charge in [-0.05, 0) is 0 Å². The number of hydrogen-bond donors (Lipinski definition) is 0. The number of aromatic nitrogens is 1. The van der Waals surface area contributed by atoms with Gasteiger partial charge in [-0.3, -0.25) is 4.79 Å². The lowest BCUT2D eigenvalue weighted by Gasteiger charge is -2.12. The maximum Gasteiger partial charge on any atom is 0.232 e. The smallest absolute Gasteiger partial charge is 0.232 e. The Hall–Kier alpha value is -0.590. The van der Waals surface area contributed by atoms with Crippen LogP contribution in [0.4, 0.5) is 0 Å². The molecule has 0 aliphatic heterocycles. The SMILES string of the molecule is CN(Cc1ccon1)C(=O)CI. The zero-order valence-corrected chi connectivity index (χ0v) is 8.82. The number of carbonyl (C=O) groups excluding carboxylic acids is 1. The van der Waals surface area contributed by atoms with E-state index >= 15 is 0 Å². The number of nitrogens with zero attached hydrogens (tertiary/aromatic N) is 2. The van der Waals surface area contributed by atoms with Gasteiger partial charge in [0.2, 0.25) is 5.91 Å². The molecule has 0 unspecified atom stereocenters. The molecule has 0 aromatic carbocycles. The van der Waals surface area contributed by atoms with Crippen molar-refractivity contribution in [3.8, 4) is 0 Å². The molecule has 1 aromatic rings. The molecule has 1 amide bonds. The molecule has 0 atom stereocenters. The Bertz CT molecular complexity index is 248. The molecular formula is C7H9IN2O2. The van der Waals surface area contributed by atoms with Crippen LogP contribution in [0, 0.1) is 0 Å². The number of alkyl halides is 1. The number of hydrogen-bond acceptors (Lipinski definition) is 3. The lowest BCUT2D eigenvalue weighted by atomic mass is 10.4. The van der Waals surface area contributed by atoms with E-state index in [2.05, 4.69) is 9.68 Å².